The molecule has 2 fully saturated rings. The Morgan fingerprint density at radius 1 is 1.30 bits per heavy atom. The van der Waals surface area contributed by atoms with E-state index in [9.17, 15) is 9.18 Å². The van der Waals surface area contributed by atoms with Crippen LogP contribution in [0.5, 0.6) is 0 Å². The minimum atomic E-state index is -0.244. The van der Waals surface area contributed by atoms with Crippen molar-refractivity contribution in [1.29, 1.82) is 0 Å². The van der Waals surface area contributed by atoms with Gasteiger partial charge in [0.05, 0.1) is 4.88 Å². The number of piperidine rings is 1. The first kappa shape index (κ1) is 15.1. The number of aryl methyl sites for hydroxylation is 1. The molecule has 0 bridgehead atoms. The van der Waals surface area contributed by atoms with E-state index >= 15 is 0 Å². The highest BCUT2D eigenvalue weighted by molar-refractivity contribution is 7.21. The first-order valence-electron chi connectivity index (χ1n) is 8.27. The van der Waals surface area contributed by atoms with E-state index in [-0.39, 0.29) is 11.7 Å². The van der Waals surface area contributed by atoms with Crippen LogP contribution >= 0.6 is 11.3 Å². The Hall–Kier alpha value is -1.46. The van der Waals surface area contributed by atoms with Gasteiger partial charge in [0.2, 0.25) is 0 Å². The molecule has 0 atom stereocenters. The molecule has 3 heterocycles. The van der Waals surface area contributed by atoms with E-state index < -0.39 is 0 Å². The fourth-order valence-electron chi connectivity index (χ4n) is 3.95. The number of hydrogen-bond acceptors (Lipinski definition) is 3. The summed E-state index contributed by atoms with van der Waals surface area (Å²) in [5.41, 5.74) is 1.33. The molecule has 2 aliphatic rings. The second-order valence-electron chi connectivity index (χ2n) is 6.92. The lowest BCUT2D eigenvalue weighted by Crippen LogP contribution is -2.43. The van der Waals surface area contributed by atoms with E-state index in [1.165, 1.54) is 29.9 Å². The van der Waals surface area contributed by atoms with E-state index in [1.54, 1.807) is 6.07 Å². The molecule has 2 aliphatic heterocycles. The second kappa shape index (κ2) is 5.56. The molecule has 0 unspecified atom stereocenters. The van der Waals surface area contributed by atoms with Gasteiger partial charge in [0.15, 0.2) is 0 Å². The first-order chi connectivity index (χ1) is 11.1. The Morgan fingerprint density at radius 2 is 2.09 bits per heavy atom. The van der Waals surface area contributed by atoms with E-state index in [0.29, 0.717) is 5.41 Å². The van der Waals surface area contributed by atoms with Gasteiger partial charge >= 0.3 is 0 Å². The first-order valence-corrected chi connectivity index (χ1v) is 9.08. The van der Waals surface area contributed by atoms with E-state index in [1.807, 2.05) is 11.8 Å². The molecule has 0 aliphatic carbocycles. The van der Waals surface area contributed by atoms with Gasteiger partial charge in [-0.1, -0.05) is 0 Å². The third kappa shape index (κ3) is 2.56. The molecule has 3 nitrogen and oxygen atoms in total. The molecule has 2 saturated heterocycles. The second-order valence-corrected chi connectivity index (χ2v) is 7.97. The Balaban J connectivity index is 1.56. The summed E-state index contributed by atoms with van der Waals surface area (Å²) in [6.45, 7) is 5.80. The van der Waals surface area contributed by atoms with Crippen molar-refractivity contribution in [1.82, 2.24) is 10.2 Å². The third-order valence-corrected chi connectivity index (χ3v) is 6.80. The highest BCUT2D eigenvalue weighted by Gasteiger charge is 2.38. The minimum absolute atomic E-state index is 0.116. The van der Waals surface area contributed by atoms with Gasteiger partial charge in [0.25, 0.3) is 5.91 Å². The van der Waals surface area contributed by atoms with Crippen molar-refractivity contribution in [2.45, 2.75) is 26.2 Å². The van der Waals surface area contributed by atoms with Crippen molar-refractivity contribution in [2.24, 2.45) is 5.41 Å². The molecule has 23 heavy (non-hydrogen) atoms. The van der Waals surface area contributed by atoms with E-state index in [4.69, 9.17) is 0 Å². The summed E-state index contributed by atoms with van der Waals surface area (Å²) in [7, 11) is 0. The van der Waals surface area contributed by atoms with Gasteiger partial charge in [0, 0.05) is 24.3 Å². The molecule has 1 N–H and O–H groups in total. The average molecular weight is 332 g/mol. The zero-order valence-electron chi connectivity index (χ0n) is 13.3. The Labute approximate surface area is 139 Å². The molecular formula is C18H21FN2OS. The molecule has 0 saturated carbocycles. The topological polar surface area (TPSA) is 32.3 Å². The van der Waals surface area contributed by atoms with Crippen molar-refractivity contribution in [3.63, 3.8) is 0 Å². The highest BCUT2D eigenvalue weighted by Crippen LogP contribution is 2.38. The lowest BCUT2D eigenvalue weighted by Gasteiger charge is -2.38. The Kier molecular flexibility index (Phi) is 3.65. The molecule has 5 heteroatoms. The number of nitrogens with zero attached hydrogens (tertiary/aromatic N) is 1. The summed E-state index contributed by atoms with van der Waals surface area (Å²) < 4.78 is 14.4. The van der Waals surface area contributed by atoms with Crippen LogP contribution in [0.4, 0.5) is 4.39 Å². The van der Waals surface area contributed by atoms with Crippen molar-refractivity contribution >= 4 is 27.3 Å². The standard InChI is InChI=1S/C18H21FN2OS/c1-12-14-10-13(19)2-3-15(14)23-16(12)17(22)21-8-5-18(6-9-21)4-7-20-11-18/h2-3,10,20H,4-9,11H2,1H3. The maximum Gasteiger partial charge on any atom is 0.264 e. The lowest BCUT2D eigenvalue weighted by atomic mass is 9.78. The molecule has 1 amide bonds. The van der Waals surface area contributed by atoms with Gasteiger partial charge in [0.1, 0.15) is 5.82 Å². The number of hydrogen-bond donors (Lipinski definition) is 1. The Morgan fingerprint density at radius 3 is 2.78 bits per heavy atom. The van der Waals surface area contributed by atoms with E-state index in [2.05, 4.69) is 5.32 Å². The largest absolute Gasteiger partial charge is 0.338 e. The molecule has 2 aromatic rings. The zero-order valence-corrected chi connectivity index (χ0v) is 14.1. The van der Waals surface area contributed by atoms with Gasteiger partial charge < -0.3 is 10.2 Å². The van der Waals surface area contributed by atoms with Gasteiger partial charge in [-0.05, 0) is 67.3 Å². The van der Waals surface area contributed by atoms with Gasteiger partial charge in [-0.15, -0.1) is 11.3 Å². The molecule has 4 rings (SSSR count). The van der Waals surface area contributed by atoms with Crippen LogP contribution in [0.25, 0.3) is 10.1 Å². The predicted octanol–water partition coefficient (Wildman–Crippen LogP) is 3.56. The van der Waals surface area contributed by atoms with Crippen LogP contribution < -0.4 is 5.32 Å². The summed E-state index contributed by atoms with van der Waals surface area (Å²) in [5.74, 6) is -0.129. The summed E-state index contributed by atoms with van der Waals surface area (Å²) >= 11 is 1.49. The quantitative estimate of drug-likeness (QED) is 0.866. The third-order valence-electron chi connectivity index (χ3n) is 5.54. The normalized spacial score (nSPS) is 20.5. The monoisotopic (exact) mass is 332 g/mol. The number of fused-ring (bicyclic) bond motifs is 1. The smallest absolute Gasteiger partial charge is 0.264 e. The Bertz CT molecular complexity index is 754. The van der Waals surface area contributed by atoms with Gasteiger partial charge in [-0.2, -0.15) is 0 Å². The van der Waals surface area contributed by atoms with Gasteiger partial charge in [-0.25, -0.2) is 4.39 Å². The summed E-state index contributed by atoms with van der Waals surface area (Å²) in [6.07, 6.45) is 3.41. The fourth-order valence-corrected chi connectivity index (χ4v) is 5.10. The average Bonchev–Trinajstić information content (AvgIpc) is 3.13. The van der Waals surface area contributed by atoms with Crippen LogP contribution in [0.2, 0.25) is 0 Å². The SMILES string of the molecule is Cc1c(C(=O)N2CCC3(CCNC3)CC2)sc2ccc(F)cc12. The number of thiophene rings is 1. The number of benzene rings is 1. The minimum Gasteiger partial charge on any atom is -0.338 e. The molecule has 0 radical (unpaired) electrons. The molecular weight excluding hydrogens is 311 g/mol. The van der Waals surface area contributed by atoms with Crippen molar-refractivity contribution < 1.29 is 9.18 Å². The number of carbonyl (C=O) groups is 1. The van der Waals surface area contributed by atoms with Crippen LogP contribution in [-0.4, -0.2) is 37.0 Å². The summed E-state index contributed by atoms with van der Waals surface area (Å²) in [5, 5.41) is 4.32. The highest BCUT2D eigenvalue weighted by atomic mass is 32.1. The number of nitrogens with one attached hydrogen (secondary N) is 1. The van der Waals surface area contributed by atoms with E-state index in [0.717, 1.165) is 59.5 Å². The number of halogens is 1. The maximum absolute atomic E-state index is 13.5. The maximum atomic E-state index is 13.5. The van der Waals surface area contributed by atoms with Gasteiger partial charge in [-0.3, -0.25) is 4.79 Å². The summed E-state index contributed by atoms with van der Waals surface area (Å²) in [4.78, 5) is 15.7. The predicted molar refractivity (Wildman–Crippen MR) is 91.6 cm³/mol. The van der Waals surface area contributed by atoms with Crippen LogP contribution in [0.1, 0.15) is 34.5 Å². The molecule has 1 aromatic carbocycles. The number of carbonyl (C=O) groups excluding carboxylic acids is 1. The van der Waals surface area contributed by atoms with Crippen molar-refractivity contribution in [2.75, 3.05) is 26.2 Å². The van der Waals surface area contributed by atoms with Crippen molar-refractivity contribution in [3.8, 4) is 0 Å². The number of rotatable bonds is 1. The van der Waals surface area contributed by atoms with Crippen molar-refractivity contribution in [3.05, 3.63) is 34.5 Å². The van der Waals surface area contributed by atoms with Crippen LogP contribution in [0.15, 0.2) is 18.2 Å². The number of likely N-dealkylation sites (tertiary alicyclic amines) is 1. The molecule has 122 valence electrons. The molecule has 1 aromatic heterocycles. The molecule has 1 spiro atoms. The zero-order chi connectivity index (χ0) is 16.0. The summed E-state index contributed by atoms with van der Waals surface area (Å²) in [6, 6.07) is 4.77. The van der Waals surface area contributed by atoms with Crippen LogP contribution in [0.3, 0.4) is 0 Å². The lowest BCUT2D eigenvalue weighted by molar-refractivity contribution is 0.0612. The van der Waals surface area contributed by atoms with Crippen LogP contribution in [0, 0.1) is 18.2 Å². The number of amides is 1. The van der Waals surface area contributed by atoms with Crippen LogP contribution in [-0.2, 0) is 0 Å². The fraction of sp³-hybridized carbons (Fsp3) is 0.500.